The zero-order chi connectivity index (χ0) is 18.4. The summed E-state index contributed by atoms with van der Waals surface area (Å²) in [5.41, 5.74) is 0.505. The molecule has 1 aromatic heterocycles. The van der Waals surface area contributed by atoms with E-state index in [0.717, 1.165) is 6.26 Å². The Hall–Kier alpha value is -2.48. The van der Waals surface area contributed by atoms with Gasteiger partial charge in [0, 0.05) is 6.54 Å². The molecule has 1 heterocycles. The van der Waals surface area contributed by atoms with Crippen LogP contribution in [0.5, 0.6) is 5.75 Å². The molecule has 0 radical (unpaired) electrons. The first-order valence-electron chi connectivity index (χ1n) is 7.83. The van der Waals surface area contributed by atoms with Crippen molar-refractivity contribution >= 4 is 21.6 Å². The summed E-state index contributed by atoms with van der Waals surface area (Å²) in [6.07, 6.45) is 2.56. The van der Waals surface area contributed by atoms with E-state index < -0.39 is 10.0 Å². The third-order valence-electron chi connectivity index (χ3n) is 3.24. The Kier molecular flexibility index (Phi) is 6.08. The van der Waals surface area contributed by atoms with Crippen molar-refractivity contribution in [2.45, 2.75) is 20.0 Å². The minimum atomic E-state index is -3.49. The molecule has 136 valence electrons. The summed E-state index contributed by atoms with van der Waals surface area (Å²) >= 11 is 0. The first-order valence-corrected chi connectivity index (χ1v) is 9.68. The van der Waals surface area contributed by atoms with Gasteiger partial charge >= 0.3 is 0 Å². The molecule has 0 fully saturated rings. The fourth-order valence-corrected chi connectivity index (χ4v) is 3.14. The molecule has 1 N–H and O–H groups in total. The standard InChI is InChI=1S/C17H22N2O5S/c1-13(2)24-15-8-6-14(7-9-15)19(25(3,21)22)11-10-18-17(20)16-5-4-12-23-16/h4-9,12-13H,10-11H2,1-3H3,(H,18,20). The van der Waals surface area contributed by atoms with Crippen LogP contribution in [0.4, 0.5) is 5.69 Å². The number of nitrogens with zero attached hydrogens (tertiary/aromatic N) is 1. The molecule has 0 atom stereocenters. The zero-order valence-corrected chi connectivity index (χ0v) is 15.2. The van der Waals surface area contributed by atoms with Crippen LogP contribution in [0.1, 0.15) is 24.4 Å². The number of furan rings is 1. The number of benzene rings is 1. The van der Waals surface area contributed by atoms with Crippen LogP contribution in [-0.4, -0.2) is 39.8 Å². The second kappa shape index (κ2) is 8.06. The highest BCUT2D eigenvalue weighted by molar-refractivity contribution is 7.92. The summed E-state index contributed by atoms with van der Waals surface area (Å²) < 4.78 is 35.9. The van der Waals surface area contributed by atoms with Gasteiger partial charge in [-0.3, -0.25) is 9.10 Å². The molecule has 1 aromatic carbocycles. The van der Waals surface area contributed by atoms with Gasteiger partial charge in [-0.15, -0.1) is 0 Å². The number of hydrogen-bond acceptors (Lipinski definition) is 5. The van der Waals surface area contributed by atoms with Crippen LogP contribution in [0, 0.1) is 0 Å². The van der Waals surface area contributed by atoms with Crippen LogP contribution >= 0.6 is 0 Å². The maximum atomic E-state index is 12.1. The van der Waals surface area contributed by atoms with Crippen molar-refractivity contribution in [1.29, 1.82) is 0 Å². The van der Waals surface area contributed by atoms with Crippen molar-refractivity contribution < 1.29 is 22.4 Å². The highest BCUT2D eigenvalue weighted by Gasteiger charge is 2.18. The fourth-order valence-electron chi connectivity index (χ4n) is 2.22. The van der Waals surface area contributed by atoms with Crippen molar-refractivity contribution in [2.75, 3.05) is 23.7 Å². The van der Waals surface area contributed by atoms with Crippen LogP contribution in [-0.2, 0) is 10.0 Å². The Morgan fingerprint density at radius 1 is 1.24 bits per heavy atom. The summed E-state index contributed by atoms with van der Waals surface area (Å²) in [4.78, 5) is 11.8. The molecule has 7 nitrogen and oxygen atoms in total. The van der Waals surface area contributed by atoms with Crippen LogP contribution < -0.4 is 14.4 Å². The third kappa shape index (κ3) is 5.53. The van der Waals surface area contributed by atoms with E-state index in [1.54, 1.807) is 30.3 Å². The number of amides is 1. The van der Waals surface area contributed by atoms with Gasteiger partial charge in [-0.05, 0) is 50.2 Å². The van der Waals surface area contributed by atoms with Crippen LogP contribution in [0.2, 0.25) is 0 Å². The van der Waals surface area contributed by atoms with E-state index in [9.17, 15) is 13.2 Å². The highest BCUT2D eigenvalue weighted by Crippen LogP contribution is 2.22. The van der Waals surface area contributed by atoms with E-state index in [-0.39, 0.29) is 30.9 Å². The summed E-state index contributed by atoms with van der Waals surface area (Å²) in [5.74, 6) is 0.457. The molecule has 1 amide bonds. The average molecular weight is 366 g/mol. The van der Waals surface area contributed by atoms with Crippen LogP contribution in [0.25, 0.3) is 0 Å². The monoisotopic (exact) mass is 366 g/mol. The van der Waals surface area contributed by atoms with E-state index in [4.69, 9.17) is 9.15 Å². The number of nitrogens with one attached hydrogen (secondary N) is 1. The number of hydrogen-bond donors (Lipinski definition) is 1. The van der Waals surface area contributed by atoms with Gasteiger partial charge in [0.05, 0.1) is 30.9 Å². The van der Waals surface area contributed by atoms with Crippen molar-refractivity contribution in [3.05, 3.63) is 48.4 Å². The van der Waals surface area contributed by atoms with E-state index in [2.05, 4.69) is 5.32 Å². The van der Waals surface area contributed by atoms with Crippen molar-refractivity contribution in [2.24, 2.45) is 0 Å². The summed E-state index contributed by atoms with van der Waals surface area (Å²) in [7, 11) is -3.49. The SMILES string of the molecule is CC(C)Oc1ccc(N(CCNC(=O)c2ccco2)S(C)(=O)=O)cc1. The number of carbonyl (C=O) groups excluding carboxylic acids is 1. The Labute approximate surface area is 147 Å². The topological polar surface area (TPSA) is 88.8 Å². The molecule has 0 aliphatic rings. The number of ether oxygens (including phenoxy) is 1. The van der Waals surface area contributed by atoms with Gasteiger partial charge in [-0.2, -0.15) is 0 Å². The summed E-state index contributed by atoms with van der Waals surface area (Å²) in [5, 5.41) is 2.63. The highest BCUT2D eigenvalue weighted by atomic mass is 32.2. The van der Waals surface area contributed by atoms with Gasteiger partial charge in [0.2, 0.25) is 10.0 Å². The smallest absolute Gasteiger partial charge is 0.287 e. The molecule has 2 aromatic rings. The lowest BCUT2D eigenvalue weighted by molar-refractivity contribution is 0.0927. The lowest BCUT2D eigenvalue weighted by atomic mass is 10.3. The Bertz CT molecular complexity index is 783. The molecule has 0 aliphatic carbocycles. The fraction of sp³-hybridized carbons (Fsp3) is 0.353. The van der Waals surface area contributed by atoms with Crippen LogP contribution in [0.3, 0.4) is 0 Å². The van der Waals surface area contributed by atoms with E-state index in [1.165, 1.54) is 16.6 Å². The normalized spacial score (nSPS) is 11.4. The first kappa shape index (κ1) is 18.9. The first-order chi connectivity index (χ1) is 11.8. The lowest BCUT2D eigenvalue weighted by Crippen LogP contribution is -2.38. The van der Waals surface area contributed by atoms with E-state index >= 15 is 0 Å². The number of sulfonamides is 1. The molecule has 0 saturated carbocycles. The molecule has 0 unspecified atom stereocenters. The second-order valence-electron chi connectivity index (χ2n) is 5.73. The number of rotatable bonds is 8. The van der Waals surface area contributed by atoms with Crippen molar-refractivity contribution in [1.82, 2.24) is 5.32 Å². The summed E-state index contributed by atoms with van der Waals surface area (Å²) in [6, 6.07) is 9.93. The maximum absolute atomic E-state index is 12.1. The minimum absolute atomic E-state index is 0.0358. The number of anilines is 1. The van der Waals surface area contributed by atoms with E-state index in [0.29, 0.717) is 11.4 Å². The van der Waals surface area contributed by atoms with E-state index in [1.807, 2.05) is 13.8 Å². The molecule has 8 heteroatoms. The molecule has 2 rings (SSSR count). The second-order valence-corrected chi connectivity index (χ2v) is 7.64. The van der Waals surface area contributed by atoms with Gasteiger partial charge in [0.1, 0.15) is 5.75 Å². The van der Waals surface area contributed by atoms with Gasteiger partial charge in [0.25, 0.3) is 5.91 Å². The minimum Gasteiger partial charge on any atom is -0.491 e. The summed E-state index contributed by atoms with van der Waals surface area (Å²) in [6.45, 7) is 4.09. The average Bonchev–Trinajstić information content (AvgIpc) is 3.05. The number of carbonyl (C=O) groups is 1. The predicted octanol–water partition coefficient (Wildman–Crippen LogP) is 2.26. The van der Waals surface area contributed by atoms with Gasteiger partial charge < -0.3 is 14.5 Å². The Balaban J connectivity index is 2.03. The maximum Gasteiger partial charge on any atom is 0.287 e. The lowest BCUT2D eigenvalue weighted by Gasteiger charge is -2.23. The molecule has 0 aliphatic heterocycles. The Morgan fingerprint density at radius 3 is 2.44 bits per heavy atom. The van der Waals surface area contributed by atoms with Gasteiger partial charge in [-0.1, -0.05) is 0 Å². The van der Waals surface area contributed by atoms with Gasteiger partial charge in [0.15, 0.2) is 5.76 Å². The largest absolute Gasteiger partial charge is 0.491 e. The van der Waals surface area contributed by atoms with Crippen LogP contribution in [0.15, 0.2) is 47.1 Å². The molecular weight excluding hydrogens is 344 g/mol. The predicted molar refractivity (Wildman–Crippen MR) is 95.4 cm³/mol. The molecular formula is C17H22N2O5S. The molecule has 0 spiro atoms. The zero-order valence-electron chi connectivity index (χ0n) is 14.4. The van der Waals surface area contributed by atoms with Crippen molar-refractivity contribution in [3.63, 3.8) is 0 Å². The molecule has 25 heavy (non-hydrogen) atoms. The quantitative estimate of drug-likeness (QED) is 0.774. The third-order valence-corrected chi connectivity index (χ3v) is 4.44. The molecule has 0 bridgehead atoms. The van der Waals surface area contributed by atoms with Crippen molar-refractivity contribution in [3.8, 4) is 5.75 Å². The Morgan fingerprint density at radius 2 is 1.92 bits per heavy atom. The van der Waals surface area contributed by atoms with Gasteiger partial charge in [-0.25, -0.2) is 8.42 Å². The molecule has 0 saturated heterocycles.